The molecule has 0 fully saturated rings. The first kappa shape index (κ1) is 14.6. The minimum Gasteiger partial charge on any atom is -0.316 e. The third-order valence-corrected chi connectivity index (χ3v) is 3.89. The van der Waals surface area contributed by atoms with Gasteiger partial charge in [-0.15, -0.1) is 0 Å². The van der Waals surface area contributed by atoms with Crippen LogP contribution in [0.2, 0.25) is 0 Å². The van der Waals surface area contributed by atoms with Crippen molar-refractivity contribution in [3.05, 3.63) is 34.1 Å². The molecule has 1 unspecified atom stereocenters. The molecule has 0 saturated carbocycles. The summed E-state index contributed by atoms with van der Waals surface area (Å²) >= 11 is 3.18. The van der Waals surface area contributed by atoms with Gasteiger partial charge in [-0.2, -0.15) is 0 Å². The highest BCUT2D eigenvalue weighted by Crippen LogP contribution is 2.16. The minimum atomic E-state index is -3.07. The Morgan fingerprint density at radius 3 is 2.59 bits per heavy atom. The molecule has 0 aromatic heterocycles. The minimum absolute atomic E-state index is 0.000988. The van der Waals surface area contributed by atoms with E-state index in [1.165, 1.54) is 12.3 Å². The molecule has 0 heterocycles. The number of hydrogen-bond acceptors (Lipinski definition) is 3. The molecule has 17 heavy (non-hydrogen) atoms. The molecule has 1 aromatic rings. The summed E-state index contributed by atoms with van der Waals surface area (Å²) in [7, 11) is -1.40. The molecule has 0 amide bonds. The highest BCUT2D eigenvalue weighted by atomic mass is 79.9. The lowest BCUT2D eigenvalue weighted by Crippen LogP contribution is -2.34. The molecule has 0 aliphatic carbocycles. The number of nitrogens with one attached hydrogen (secondary N) is 1. The molecule has 1 atom stereocenters. The van der Waals surface area contributed by atoms with E-state index in [-0.39, 0.29) is 17.6 Å². The predicted octanol–water partition coefficient (Wildman–Crippen LogP) is 1.76. The topological polar surface area (TPSA) is 46.2 Å². The summed E-state index contributed by atoms with van der Waals surface area (Å²) in [5.74, 6) is -0.327. The van der Waals surface area contributed by atoms with Gasteiger partial charge in [0.2, 0.25) is 0 Å². The maximum atomic E-state index is 13.6. The van der Waals surface area contributed by atoms with Gasteiger partial charge in [-0.1, -0.05) is 22.0 Å². The molecule has 0 bridgehead atoms. The smallest absolute Gasteiger partial charge is 0.148 e. The number of benzene rings is 1. The molecule has 3 nitrogen and oxygen atoms in total. The van der Waals surface area contributed by atoms with E-state index in [9.17, 15) is 12.8 Å². The summed E-state index contributed by atoms with van der Waals surface area (Å²) in [6, 6.07) is 4.50. The fourth-order valence-electron chi connectivity index (χ4n) is 1.56. The molecule has 6 heteroatoms. The van der Waals surface area contributed by atoms with Crippen LogP contribution in [0.15, 0.2) is 22.7 Å². The van der Waals surface area contributed by atoms with E-state index >= 15 is 0 Å². The van der Waals surface area contributed by atoms with Crippen LogP contribution < -0.4 is 5.32 Å². The van der Waals surface area contributed by atoms with E-state index in [2.05, 4.69) is 21.2 Å². The SMILES string of the molecule is CNC(Cc1ccc(Br)cc1F)CS(C)(=O)=O. The molecule has 1 N–H and O–H groups in total. The van der Waals surface area contributed by atoms with Crippen molar-refractivity contribution in [2.45, 2.75) is 12.5 Å². The number of halogens is 2. The average Bonchev–Trinajstić information content (AvgIpc) is 2.19. The zero-order valence-corrected chi connectivity index (χ0v) is 12.1. The van der Waals surface area contributed by atoms with Gasteiger partial charge in [-0.05, 0) is 31.2 Å². The van der Waals surface area contributed by atoms with Crippen LogP contribution in [-0.4, -0.2) is 33.5 Å². The van der Waals surface area contributed by atoms with E-state index in [4.69, 9.17) is 0 Å². The fourth-order valence-corrected chi connectivity index (χ4v) is 2.91. The van der Waals surface area contributed by atoms with Crippen molar-refractivity contribution in [2.75, 3.05) is 19.1 Å². The van der Waals surface area contributed by atoms with E-state index in [1.807, 2.05) is 0 Å². The Labute approximate surface area is 109 Å². The Hall–Kier alpha value is -0.460. The standard InChI is InChI=1S/C11H15BrFNO2S/c1-14-10(7-17(2,15)16)5-8-3-4-9(12)6-11(8)13/h3-4,6,10,14H,5,7H2,1-2H3. The molecule has 0 radical (unpaired) electrons. The van der Waals surface area contributed by atoms with Gasteiger partial charge in [-0.25, -0.2) is 12.8 Å². The van der Waals surface area contributed by atoms with Crippen molar-refractivity contribution < 1.29 is 12.8 Å². The second-order valence-electron chi connectivity index (χ2n) is 4.02. The Morgan fingerprint density at radius 1 is 1.47 bits per heavy atom. The van der Waals surface area contributed by atoms with Gasteiger partial charge in [0.1, 0.15) is 15.7 Å². The van der Waals surface area contributed by atoms with Crippen molar-refractivity contribution in [2.24, 2.45) is 0 Å². The quantitative estimate of drug-likeness (QED) is 0.898. The molecule has 96 valence electrons. The second-order valence-corrected chi connectivity index (χ2v) is 7.12. The first-order valence-electron chi connectivity index (χ1n) is 5.10. The molecule has 0 aliphatic rings. The van der Waals surface area contributed by atoms with E-state index in [0.29, 0.717) is 16.5 Å². The lowest BCUT2D eigenvalue weighted by atomic mass is 10.1. The van der Waals surface area contributed by atoms with Gasteiger partial charge in [0, 0.05) is 16.8 Å². The highest BCUT2D eigenvalue weighted by molar-refractivity contribution is 9.10. The number of rotatable bonds is 5. The van der Waals surface area contributed by atoms with Crippen LogP contribution in [0.4, 0.5) is 4.39 Å². The first-order valence-corrected chi connectivity index (χ1v) is 7.96. The van der Waals surface area contributed by atoms with Crippen LogP contribution in [0.5, 0.6) is 0 Å². The Morgan fingerprint density at radius 2 is 2.12 bits per heavy atom. The second kappa shape index (κ2) is 5.93. The molecular formula is C11H15BrFNO2S. The summed E-state index contributed by atoms with van der Waals surface area (Å²) < 4.78 is 36.6. The highest BCUT2D eigenvalue weighted by Gasteiger charge is 2.16. The molecular weight excluding hydrogens is 309 g/mol. The van der Waals surface area contributed by atoms with Crippen LogP contribution in [0, 0.1) is 5.82 Å². The number of sulfone groups is 1. The van der Waals surface area contributed by atoms with Crippen LogP contribution in [0.1, 0.15) is 5.56 Å². The molecule has 1 rings (SSSR count). The lowest BCUT2D eigenvalue weighted by molar-refractivity contribution is 0.548. The maximum absolute atomic E-state index is 13.6. The first-order chi connectivity index (χ1) is 7.81. The van der Waals surface area contributed by atoms with Crippen molar-refractivity contribution >= 4 is 25.8 Å². The molecule has 0 saturated heterocycles. The van der Waals surface area contributed by atoms with Crippen LogP contribution in [-0.2, 0) is 16.3 Å². The van der Waals surface area contributed by atoms with Crippen LogP contribution in [0.3, 0.4) is 0 Å². The van der Waals surface area contributed by atoms with E-state index in [1.54, 1.807) is 19.2 Å². The van der Waals surface area contributed by atoms with Crippen molar-refractivity contribution in [3.63, 3.8) is 0 Å². The van der Waals surface area contributed by atoms with E-state index in [0.717, 1.165) is 0 Å². The van der Waals surface area contributed by atoms with Gasteiger partial charge in [-0.3, -0.25) is 0 Å². The Balaban J connectivity index is 2.81. The molecule has 0 spiro atoms. The predicted molar refractivity (Wildman–Crippen MR) is 70.4 cm³/mol. The van der Waals surface area contributed by atoms with Crippen molar-refractivity contribution in [3.8, 4) is 0 Å². The Bertz CT molecular complexity index is 490. The van der Waals surface area contributed by atoms with Gasteiger partial charge in [0.25, 0.3) is 0 Å². The third-order valence-electron chi connectivity index (χ3n) is 2.39. The van der Waals surface area contributed by atoms with Gasteiger partial charge >= 0.3 is 0 Å². The molecule has 1 aromatic carbocycles. The summed E-state index contributed by atoms with van der Waals surface area (Å²) in [4.78, 5) is 0. The largest absolute Gasteiger partial charge is 0.316 e. The zero-order valence-electron chi connectivity index (χ0n) is 9.70. The van der Waals surface area contributed by atoms with Gasteiger partial charge in [0.05, 0.1) is 5.75 Å². The maximum Gasteiger partial charge on any atom is 0.148 e. The number of likely N-dealkylation sites (N-methyl/N-ethyl adjacent to an activating group) is 1. The monoisotopic (exact) mass is 323 g/mol. The van der Waals surface area contributed by atoms with Gasteiger partial charge in [0.15, 0.2) is 0 Å². The third kappa shape index (κ3) is 5.14. The van der Waals surface area contributed by atoms with Crippen molar-refractivity contribution in [1.29, 1.82) is 0 Å². The summed E-state index contributed by atoms with van der Waals surface area (Å²) in [6.07, 6.45) is 1.53. The Kier molecular flexibility index (Phi) is 5.09. The summed E-state index contributed by atoms with van der Waals surface area (Å²) in [5.41, 5.74) is 0.510. The average molecular weight is 324 g/mol. The normalized spacial score (nSPS) is 13.6. The lowest BCUT2D eigenvalue weighted by Gasteiger charge is -2.15. The van der Waals surface area contributed by atoms with Crippen LogP contribution in [0.25, 0.3) is 0 Å². The van der Waals surface area contributed by atoms with Crippen molar-refractivity contribution in [1.82, 2.24) is 5.32 Å². The number of hydrogen-bond donors (Lipinski definition) is 1. The van der Waals surface area contributed by atoms with E-state index < -0.39 is 9.84 Å². The van der Waals surface area contributed by atoms with Gasteiger partial charge < -0.3 is 5.32 Å². The summed E-state index contributed by atoms with van der Waals surface area (Å²) in [6.45, 7) is 0. The fraction of sp³-hybridized carbons (Fsp3) is 0.455. The van der Waals surface area contributed by atoms with Crippen LogP contribution >= 0.6 is 15.9 Å². The molecule has 0 aliphatic heterocycles. The zero-order chi connectivity index (χ0) is 13.1. The summed E-state index contributed by atoms with van der Waals surface area (Å²) in [5, 5.41) is 2.89.